The highest BCUT2D eigenvalue weighted by Gasteiger charge is 2.08. The molecule has 1 aromatic carbocycles. The Morgan fingerprint density at radius 3 is 2.50 bits per heavy atom. The molecule has 0 atom stereocenters. The molecule has 0 saturated heterocycles. The van der Waals surface area contributed by atoms with Crippen LogP contribution < -0.4 is 10.6 Å². The average Bonchev–Trinajstić information content (AvgIpc) is 2.82. The van der Waals surface area contributed by atoms with Crippen LogP contribution in [0.4, 0.5) is 5.13 Å². The summed E-state index contributed by atoms with van der Waals surface area (Å²) < 4.78 is 0. The second-order valence-corrected chi connectivity index (χ2v) is 5.57. The van der Waals surface area contributed by atoms with Crippen LogP contribution >= 0.6 is 11.3 Å². The topological polar surface area (TPSA) is 71.1 Å². The fourth-order valence-electron chi connectivity index (χ4n) is 1.58. The van der Waals surface area contributed by atoms with Gasteiger partial charge in [-0.15, -0.1) is 11.3 Å². The van der Waals surface area contributed by atoms with Crippen molar-refractivity contribution >= 4 is 28.3 Å². The van der Waals surface area contributed by atoms with Crippen molar-refractivity contribution in [2.75, 3.05) is 5.32 Å². The number of hydrogen-bond donors (Lipinski definition) is 2. The Kier molecular flexibility index (Phi) is 4.47. The normalized spacial score (nSPS) is 10.1. The first-order valence-corrected chi connectivity index (χ1v) is 6.93. The van der Waals surface area contributed by atoms with Gasteiger partial charge in [-0.1, -0.05) is 12.1 Å². The number of carbonyl (C=O) groups excluding carboxylic acids is 2. The molecule has 104 valence electrons. The molecule has 2 aromatic rings. The molecule has 2 amide bonds. The van der Waals surface area contributed by atoms with E-state index in [-0.39, 0.29) is 11.8 Å². The number of nitrogens with one attached hydrogen (secondary N) is 2. The molecule has 1 heterocycles. The van der Waals surface area contributed by atoms with Crippen molar-refractivity contribution < 1.29 is 9.59 Å². The van der Waals surface area contributed by atoms with E-state index >= 15 is 0 Å². The summed E-state index contributed by atoms with van der Waals surface area (Å²) >= 11 is 1.43. The molecule has 0 saturated carbocycles. The molecule has 2 rings (SSSR count). The third-order valence-corrected chi connectivity index (χ3v) is 3.43. The zero-order chi connectivity index (χ0) is 14.5. The summed E-state index contributed by atoms with van der Waals surface area (Å²) in [4.78, 5) is 27.9. The smallest absolute Gasteiger partial charge is 0.257 e. The van der Waals surface area contributed by atoms with Crippen molar-refractivity contribution in [1.29, 1.82) is 0 Å². The van der Waals surface area contributed by atoms with Gasteiger partial charge in [-0.3, -0.25) is 14.9 Å². The van der Waals surface area contributed by atoms with E-state index in [2.05, 4.69) is 15.6 Å². The second-order valence-electron chi connectivity index (χ2n) is 4.34. The van der Waals surface area contributed by atoms with E-state index in [1.807, 2.05) is 19.1 Å². The van der Waals surface area contributed by atoms with Gasteiger partial charge in [0.25, 0.3) is 5.91 Å². The van der Waals surface area contributed by atoms with Crippen LogP contribution in [0.1, 0.15) is 27.7 Å². The van der Waals surface area contributed by atoms with Crippen molar-refractivity contribution in [2.24, 2.45) is 0 Å². The number of hydrogen-bond acceptors (Lipinski definition) is 4. The molecular weight excluding hydrogens is 274 g/mol. The van der Waals surface area contributed by atoms with Crippen LogP contribution in [-0.2, 0) is 11.3 Å². The summed E-state index contributed by atoms with van der Waals surface area (Å²) in [5, 5.41) is 6.05. The first-order chi connectivity index (χ1) is 9.54. The molecule has 20 heavy (non-hydrogen) atoms. The highest BCUT2D eigenvalue weighted by molar-refractivity contribution is 7.15. The van der Waals surface area contributed by atoms with Crippen LogP contribution in [0.2, 0.25) is 0 Å². The van der Waals surface area contributed by atoms with Gasteiger partial charge in [0.1, 0.15) is 0 Å². The number of thiazole rings is 1. The summed E-state index contributed by atoms with van der Waals surface area (Å²) in [6.07, 6.45) is 1.72. The Balaban J connectivity index is 1.98. The number of aromatic nitrogens is 1. The maximum Gasteiger partial charge on any atom is 0.257 e. The molecular formula is C14H15N3O2S. The van der Waals surface area contributed by atoms with E-state index < -0.39 is 0 Å². The van der Waals surface area contributed by atoms with Gasteiger partial charge >= 0.3 is 0 Å². The van der Waals surface area contributed by atoms with Crippen LogP contribution in [0.3, 0.4) is 0 Å². The average molecular weight is 289 g/mol. The summed E-state index contributed by atoms with van der Waals surface area (Å²) in [7, 11) is 0. The van der Waals surface area contributed by atoms with E-state index in [4.69, 9.17) is 0 Å². The van der Waals surface area contributed by atoms with E-state index in [9.17, 15) is 9.59 Å². The fraction of sp³-hybridized carbons (Fsp3) is 0.214. The number of anilines is 1. The van der Waals surface area contributed by atoms with Gasteiger partial charge < -0.3 is 5.32 Å². The van der Waals surface area contributed by atoms with Gasteiger partial charge in [0.2, 0.25) is 5.91 Å². The summed E-state index contributed by atoms with van der Waals surface area (Å²) in [5.41, 5.74) is 1.51. The molecule has 1 aromatic heterocycles. The van der Waals surface area contributed by atoms with E-state index in [1.165, 1.54) is 18.3 Å². The maximum atomic E-state index is 12.0. The van der Waals surface area contributed by atoms with E-state index in [1.54, 1.807) is 18.3 Å². The summed E-state index contributed by atoms with van der Waals surface area (Å²) in [5.74, 6) is -0.267. The predicted octanol–water partition coefficient (Wildman–Crippen LogP) is 2.34. The molecule has 6 heteroatoms. The number of rotatable bonds is 4. The van der Waals surface area contributed by atoms with E-state index in [0.29, 0.717) is 17.2 Å². The monoisotopic (exact) mass is 289 g/mol. The minimum Gasteiger partial charge on any atom is -0.352 e. The molecule has 0 fully saturated rings. The van der Waals surface area contributed by atoms with Crippen molar-refractivity contribution in [1.82, 2.24) is 10.3 Å². The molecule has 0 radical (unpaired) electrons. The van der Waals surface area contributed by atoms with Crippen LogP contribution in [0, 0.1) is 6.92 Å². The van der Waals surface area contributed by atoms with Crippen LogP contribution in [0.15, 0.2) is 30.5 Å². The van der Waals surface area contributed by atoms with Gasteiger partial charge in [0, 0.05) is 30.1 Å². The standard InChI is InChI=1S/C14H15N3O2S/c1-9-7-16-14(20-9)17-13(19)12-5-3-11(4-6-12)8-15-10(2)18/h3-7H,8H2,1-2H3,(H,15,18)(H,16,17,19). The number of aryl methyl sites for hydroxylation is 1. The fourth-order valence-corrected chi connectivity index (χ4v) is 2.24. The van der Waals surface area contributed by atoms with Crippen LogP contribution in [0.25, 0.3) is 0 Å². The second kappa shape index (κ2) is 6.29. The lowest BCUT2D eigenvalue weighted by Gasteiger charge is -2.05. The van der Waals surface area contributed by atoms with Gasteiger partial charge in [-0.05, 0) is 24.6 Å². The van der Waals surface area contributed by atoms with Gasteiger partial charge in [-0.2, -0.15) is 0 Å². The quantitative estimate of drug-likeness (QED) is 0.907. The van der Waals surface area contributed by atoms with Gasteiger partial charge in [0.15, 0.2) is 5.13 Å². The van der Waals surface area contributed by atoms with E-state index in [0.717, 1.165) is 10.4 Å². The molecule has 5 nitrogen and oxygen atoms in total. The molecule has 0 aliphatic heterocycles. The number of amides is 2. The number of nitrogens with zero attached hydrogens (tertiary/aromatic N) is 1. The molecule has 0 aliphatic carbocycles. The third kappa shape index (κ3) is 3.89. The minimum atomic E-state index is -0.189. The van der Waals surface area contributed by atoms with Gasteiger partial charge in [-0.25, -0.2) is 4.98 Å². The predicted molar refractivity (Wildman–Crippen MR) is 78.8 cm³/mol. The Labute approximate surface area is 121 Å². The third-order valence-electron chi connectivity index (χ3n) is 2.60. The maximum absolute atomic E-state index is 12.0. The van der Waals surface area contributed by atoms with Crippen molar-refractivity contribution in [3.05, 3.63) is 46.5 Å². The number of carbonyl (C=O) groups is 2. The molecule has 0 unspecified atom stereocenters. The highest BCUT2D eigenvalue weighted by atomic mass is 32.1. The first kappa shape index (κ1) is 14.2. The Morgan fingerprint density at radius 2 is 1.95 bits per heavy atom. The Morgan fingerprint density at radius 1 is 1.25 bits per heavy atom. The lowest BCUT2D eigenvalue weighted by molar-refractivity contribution is -0.119. The zero-order valence-electron chi connectivity index (χ0n) is 11.3. The molecule has 0 bridgehead atoms. The van der Waals surface area contributed by atoms with Crippen LogP contribution in [-0.4, -0.2) is 16.8 Å². The van der Waals surface area contributed by atoms with Gasteiger partial charge in [0.05, 0.1) is 0 Å². The molecule has 0 aliphatic rings. The summed E-state index contributed by atoms with van der Waals surface area (Å²) in [6.45, 7) is 3.87. The van der Waals surface area contributed by atoms with Crippen LogP contribution in [0.5, 0.6) is 0 Å². The minimum absolute atomic E-state index is 0.0778. The lowest BCUT2D eigenvalue weighted by Crippen LogP contribution is -2.19. The lowest BCUT2D eigenvalue weighted by atomic mass is 10.1. The molecule has 2 N–H and O–H groups in total. The SMILES string of the molecule is CC(=O)NCc1ccc(C(=O)Nc2ncc(C)s2)cc1. The number of benzene rings is 1. The van der Waals surface area contributed by atoms with Crippen molar-refractivity contribution in [3.63, 3.8) is 0 Å². The Bertz CT molecular complexity index is 620. The highest BCUT2D eigenvalue weighted by Crippen LogP contribution is 2.17. The van der Waals surface area contributed by atoms with Crippen molar-refractivity contribution in [3.8, 4) is 0 Å². The van der Waals surface area contributed by atoms with Crippen molar-refractivity contribution in [2.45, 2.75) is 20.4 Å². The first-order valence-electron chi connectivity index (χ1n) is 6.12. The Hall–Kier alpha value is -2.21. The largest absolute Gasteiger partial charge is 0.352 e. The molecule has 0 spiro atoms. The summed E-state index contributed by atoms with van der Waals surface area (Å²) in [6, 6.07) is 7.09. The zero-order valence-corrected chi connectivity index (χ0v) is 12.1.